The molecule has 1 aromatic carbocycles. The summed E-state index contributed by atoms with van der Waals surface area (Å²) >= 11 is 2.24. The molecule has 0 aliphatic carbocycles. The summed E-state index contributed by atoms with van der Waals surface area (Å²) < 4.78 is 1.12. The van der Waals surface area contributed by atoms with Gasteiger partial charge in [-0.3, -0.25) is 14.6 Å². The first-order valence-electron chi connectivity index (χ1n) is 8.95. The molecule has 4 rings (SSSR count). The number of rotatable bonds is 2. The number of hydrogen-bond acceptors (Lipinski definition) is 4. The second-order valence-corrected chi connectivity index (χ2v) is 8.42. The van der Waals surface area contributed by atoms with E-state index in [4.69, 9.17) is 0 Å². The minimum atomic E-state index is -0.262. The van der Waals surface area contributed by atoms with Crippen LogP contribution in [0, 0.1) is 9.49 Å². The molecule has 0 spiro atoms. The van der Waals surface area contributed by atoms with Gasteiger partial charge in [-0.1, -0.05) is 19.1 Å². The van der Waals surface area contributed by atoms with Crippen LogP contribution in [0.15, 0.2) is 29.1 Å². The highest BCUT2D eigenvalue weighted by Gasteiger charge is 2.31. The van der Waals surface area contributed by atoms with Crippen LogP contribution in [-0.4, -0.2) is 29.0 Å². The molecule has 2 aliphatic rings. The average molecular weight is 464 g/mol. The molecule has 1 fully saturated rings. The monoisotopic (exact) mass is 464 g/mol. The summed E-state index contributed by atoms with van der Waals surface area (Å²) in [4.78, 5) is 34.8. The highest BCUT2D eigenvalue weighted by Crippen LogP contribution is 2.34. The summed E-state index contributed by atoms with van der Waals surface area (Å²) in [6, 6.07) is 7.95. The molecule has 1 amide bonds. The van der Waals surface area contributed by atoms with Gasteiger partial charge in [-0.2, -0.15) is 4.98 Å². The molecule has 1 saturated heterocycles. The van der Waals surface area contributed by atoms with Gasteiger partial charge in [0, 0.05) is 29.0 Å². The van der Waals surface area contributed by atoms with Crippen molar-refractivity contribution in [2.45, 2.75) is 32.1 Å². The smallest absolute Gasteiger partial charge is 0.258 e. The van der Waals surface area contributed by atoms with Gasteiger partial charge in [0.2, 0.25) is 11.9 Å². The lowest BCUT2D eigenvalue weighted by molar-refractivity contribution is -0.116. The van der Waals surface area contributed by atoms with E-state index >= 15 is 0 Å². The molecule has 3 heterocycles. The molecule has 0 radical (unpaired) electrons. The standard InChI is InChI=1S/C19H21IN4O2/c1-11-6-8-24(9-7-11)19-22-17-16(18(26)23-19)14(10-15(25)21-17)12-2-4-13(20)5-3-12/h2-5,11,14H,6-10H2,1H3,(H2,21,22,23,25,26). The summed E-state index contributed by atoms with van der Waals surface area (Å²) in [5.41, 5.74) is 1.36. The molecular weight excluding hydrogens is 443 g/mol. The molecule has 2 aliphatic heterocycles. The maximum atomic E-state index is 12.9. The number of aromatic nitrogens is 2. The second kappa shape index (κ2) is 7.02. The number of benzene rings is 1. The maximum Gasteiger partial charge on any atom is 0.258 e. The van der Waals surface area contributed by atoms with Crippen LogP contribution in [0.4, 0.5) is 11.8 Å². The Morgan fingerprint density at radius 2 is 1.85 bits per heavy atom. The third kappa shape index (κ3) is 3.36. The Morgan fingerprint density at radius 1 is 1.15 bits per heavy atom. The van der Waals surface area contributed by atoms with Crippen molar-refractivity contribution in [3.63, 3.8) is 0 Å². The predicted molar refractivity (Wildman–Crippen MR) is 110 cm³/mol. The van der Waals surface area contributed by atoms with E-state index in [1.54, 1.807) is 0 Å². The van der Waals surface area contributed by atoms with Gasteiger partial charge in [-0.15, -0.1) is 0 Å². The van der Waals surface area contributed by atoms with Crippen LogP contribution in [0.5, 0.6) is 0 Å². The van der Waals surface area contributed by atoms with Crippen LogP contribution in [0.25, 0.3) is 0 Å². The SMILES string of the molecule is CC1CCN(c2nc3c(c(=O)[nH]2)C(c2ccc(I)cc2)CC(=O)N3)CC1. The van der Waals surface area contributed by atoms with Gasteiger partial charge < -0.3 is 10.2 Å². The number of anilines is 2. The van der Waals surface area contributed by atoms with E-state index in [0.717, 1.165) is 35.1 Å². The van der Waals surface area contributed by atoms with Crippen LogP contribution in [-0.2, 0) is 4.79 Å². The normalized spacial score (nSPS) is 20.6. The summed E-state index contributed by atoms with van der Waals surface area (Å²) in [6.45, 7) is 3.99. The quantitative estimate of drug-likeness (QED) is 0.670. The lowest BCUT2D eigenvalue weighted by atomic mass is 9.87. The van der Waals surface area contributed by atoms with Crippen molar-refractivity contribution in [2.24, 2.45) is 5.92 Å². The number of H-pyrrole nitrogens is 1. The Labute approximate surface area is 165 Å². The van der Waals surface area contributed by atoms with Crippen LogP contribution < -0.4 is 15.8 Å². The van der Waals surface area contributed by atoms with Gasteiger partial charge in [0.15, 0.2) is 0 Å². The van der Waals surface area contributed by atoms with Gasteiger partial charge in [0.1, 0.15) is 5.82 Å². The number of nitrogens with zero attached hydrogens (tertiary/aromatic N) is 2. The first-order valence-corrected chi connectivity index (χ1v) is 10.0. The topological polar surface area (TPSA) is 78.1 Å². The molecule has 26 heavy (non-hydrogen) atoms. The third-order valence-electron chi connectivity index (χ3n) is 5.29. The second-order valence-electron chi connectivity index (χ2n) is 7.18. The summed E-state index contributed by atoms with van der Waals surface area (Å²) in [6.07, 6.45) is 2.43. The number of fused-ring (bicyclic) bond motifs is 1. The van der Waals surface area contributed by atoms with E-state index in [1.165, 1.54) is 0 Å². The molecule has 0 bridgehead atoms. The van der Waals surface area contributed by atoms with Crippen molar-refractivity contribution < 1.29 is 4.79 Å². The Kier molecular flexibility index (Phi) is 4.73. The molecular formula is C19H21IN4O2. The largest absolute Gasteiger partial charge is 0.342 e. The lowest BCUT2D eigenvalue weighted by Gasteiger charge is -2.32. The Hall–Kier alpha value is -1.90. The van der Waals surface area contributed by atoms with Gasteiger partial charge in [0.05, 0.1) is 5.56 Å². The number of hydrogen-bond donors (Lipinski definition) is 2. The summed E-state index contributed by atoms with van der Waals surface area (Å²) in [5, 5.41) is 2.80. The zero-order valence-corrected chi connectivity index (χ0v) is 16.7. The highest BCUT2D eigenvalue weighted by atomic mass is 127. The third-order valence-corrected chi connectivity index (χ3v) is 6.01. The van der Waals surface area contributed by atoms with E-state index in [0.29, 0.717) is 23.2 Å². The van der Waals surface area contributed by atoms with Crippen LogP contribution >= 0.6 is 22.6 Å². The van der Waals surface area contributed by atoms with Crippen LogP contribution in [0.3, 0.4) is 0 Å². The fraction of sp³-hybridized carbons (Fsp3) is 0.421. The van der Waals surface area contributed by atoms with E-state index in [1.807, 2.05) is 24.3 Å². The maximum absolute atomic E-state index is 12.9. The first kappa shape index (κ1) is 17.5. The van der Waals surface area contributed by atoms with Gasteiger partial charge >= 0.3 is 0 Å². The summed E-state index contributed by atoms with van der Waals surface area (Å²) in [7, 11) is 0. The van der Waals surface area contributed by atoms with Gasteiger partial charge in [-0.25, -0.2) is 0 Å². The minimum absolute atomic E-state index is 0.0997. The van der Waals surface area contributed by atoms with Crippen molar-refractivity contribution in [2.75, 3.05) is 23.3 Å². The number of nitrogens with one attached hydrogen (secondary N) is 2. The molecule has 1 atom stereocenters. The van der Waals surface area contributed by atoms with Crippen molar-refractivity contribution in [3.8, 4) is 0 Å². The van der Waals surface area contributed by atoms with Gasteiger partial charge in [-0.05, 0) is 59.0 Å². The average Bonchev–Trinajstić information content (AvgIpc) is 2.62. The van der Waals surface area contributed by atoms with Crippen LogP contribution in [0.2, 0.25) is 0 Å². The molecule has 1 aromatic heterocycles. The van der Waals surface area contributed by atoms with Crippen molar-refractivity contribution in [3.05, 3.63) is 49.3 Å². The Morgan fingerprint density at radius 3 is 2.54 bits per heavy atom. The number of piperidine rings is 1. The van der Waals surface area contributed by atoms with E-state index in [9.17, 15) is 9.59 Å². The number of aromatic amines is 1. The lowest BCUT2D eigenvalue weighted by Crippen LogP contribution is -2.37. The fourth-order valence-electron chi connectivity index (χ4n) is 3.71. The van der Waals surface area contributed by atoms with E-state index < -0.39 is 0 Å². The molecule has 6 nitrogen and oxygen atoms in total. The molecule has 1 unspecified atom stereocenters. The zero-order valence-electron chi connectivity index (χ0n) is 14.6. The van der Waals surface area contributed by atoms with Crippen molar-refractivity contribution in [1.29, 1.82) is 0 Å². The van der Waals surface area contributed by atoms with Crippen molar-refractivity contribution >= 4 is 40.3 Å². The zero-order chi connectivity index (χ0) is 18.3. The van der Waals surface area contributed by atoms with E-state index in [-0.39, 0.29) is 23.8 Å². The van der Waals surface area contributed by atoms with Crippen molar-refractivity contribution in [1.82, 2.24) is 9.97 Å². The number of carbonyl (C=O) groups is 1. The Balaban J connectivity index is 1.73. The first-order chi connectivity index (χ1) is 12.5. The molecule has 2 aromatic rings. The molecule has 2 N–H and O–H groups in total. The summed E-state index contributed by atoms with van der Waals surface area (Å²) in [5.74, 6) is 1.30. The molecule has 0 saturated carbocycles. The number of amides is 1. The molecule has 7 heteroatoms. The minimum Gasteiger partial charge on any atom is -0.342 e. The molecule has 136 valence electrons. The Bertz CT molecular complexity index is 885. The number of carbonyl (C=O) groups excluding carboxylic acids is 1. The predicted octanol–water partition coefficient (Wildman–Crippen LogP) is 3.08. The fourth-order valence-corrected chi connectivity index (χ4v) is 4.07. The number of halogens is 1. The van der Waals surface area contributed by atoms with Gasteiger partial charge in [0.25, 0.3) is 5.56 Å². The van der Waals surface area contributed by atoms with Crippen LogP contribution in [0.1, 0.15) is 43.2 Å². The van der Waals surface area contributed by atoms with E-state index in [2.05, 4.69) is 49.7 Å². The highest BCUT2D eigenvalue weighted by molar-refractivity contribution is 14.1.